The number of para-hydroxylation sites is 1. The van der Waals surface area contributed by atoms with E-state index in [0.717, 1.165) is 0 Å². The van der Waals surface area contributed by atoms with Gasteiger partial charge in [-0.25, -0.2) is 0 Å². The van der Waals surface area contributed by atoms with Crippen LogP contribution in [-0.4, -0.2) is 41.8 Å². The fraction of sp³-hybridized carbons (Fsp3) is 0.250. The van der Waals surface area contributed by atoms with Gasteiger partial charge < -0.3 is 20.5 Å². The van der Waals surface area contributed by atoms with Crippen molar-refractivity contribution >= 4 is 50.8 Å². The Morgan fingerprint density at radius 2 is 1.93 bits per heavy atom. The minimum atomic E-state index is -0.392. The largest absolute Gasteiger partial charge is 0.493 e. The Morgan fingerprint density at radius 1 is 1.17 bits per heavy atom. The zero-order valence-electron chi connectivity index (χ0n) is 15.8. The van der Waals surface area contributed by atoms with Gasteiger partial charge in [0.2, 0.25) is 0 Å². The molecule has 0 bridgehead atoms. The normalized spacial score (nSPS) is 10.2. The van der Waals surface area contributed by atoms with Gasteiger partial charge in [0.25, 0.3) is 11.8 Å². The molecular weight excluding hydrogens is 458 g/mol. The summed E-state index contributed by atoms with van der Waals surface area (Å²) in [6.07, 6.45) is 0.466. The average molecular weight is 480 g/mol. The van der Waals surface area contributed by atoms with Gasteiger partial charge in [0, 0.05) is 18.7 Å². The molecule has 2 rings (SSSR count). The van der Waals surface area contributed by atoms with Crippen LogP contribution in [0.4, 0.5) is 5.69 Å². The van der Waals surface area contributed by atoms with Crippen molar-refractivity contribution in [1.82, 2.24) is 10.6 Å². The number of aliphatic hydroxyl groups is 1. The predicted octanol–water partition coefficient (Wildman–Crippen LogP) is 3.09. The highest BCUT2D eigenvalue weighted by molar-refractivity contribution is 9.10. The first-order valence-corrected chi connectivity index (χ1v) is 10.2. The van der Waals surface area contributed by atoms with Gasteiger partial charge in [0.1, 0.15) is 5.75 Å². The van der Waals surface area contributed by atoms with Crippen molar-refractivity contribution in [2.45, 2.75) is 13.3 Å². The molecule has 29 heavy (non-hydrogen) atoms. The van der Waals surface area contributed by atoms with Crippen molar-refractivity contribution < 1.29 is 19.4 Å². The smallest absolute Gasteiger partial charge is 0.257 e. The number of carbonyl (C=O) groups excluding carboxylic acids is 2. The molecule has 0 atom stereocenters. The zero-order chi connectivity index (χ0) is 21.2. The van der Waals surface area contributed by atoms with Crippen LogP contribution in [-0.2, 0) is 0 Å². The molecule has 0 unspecified atom stereocenters. The van der Waals surface area contributed by atoms with E-state index >= 15 is 0 Å². The lowest BCUT2D eigenvalue weighted by molar-refractivity contribution is 0.0950. The summed E-state index contributed by atoms with van der Waals surface area (Å²) in [6, 6.07) is 11.8. The average Bonchev–Trinajstić information content (AvgIpc) is 2.70. The van der Waals surface area contributed by atoms with Crippen LogP contribution in [0.15, 0.2) is 46.9 Å². The second kappa shape index (κ2) is 11.5. The summed E-state index contributed by atoms with van der Waals surface area (Å²) < 4.78 is 6.10. The number of hydrogen-bond acceptors (Lipinski definition) is 5. The molecule has 2 aromatic rings. The Labute approximate surface area is 183 Å². The number of rotatable bonds is 8. The molecule has 7 nitrogen and oxygen atoms in total. The van der Waals surface area contributed by atoms with Gasteiger partial charge in [-0.1, -0.05) is 12.1 Å². The van der Waals surface area contributed by atoms with E-state index < -0.39 is 5.91 Å². The Bertz CT molecular complexity index is 892. The van der Waals surface area contributed by atoms with Gasteiger partial charge in [-0.2, -0.15) is 0 Å². The Balaban J connectivity index is 2.03. The summed E-state index contributed by atoms with van der Waals surface area (Å²) >= 11 is 8.59. The van der Waals surface area contributed by atoms with E-state index in [9.17, 15) is 9.59 Å². The van der Waals surface area contributed by atoms with Crippen LogP contribution < -0.4 is 20.7 Å². The highest BCUT2D eigenvalue weighted by atomic mass is 79.9. The van der Waals surface area contributed by atoms with Crippen molar-refractivity contribution in [3.63, 3.8) is 0 Å². The fourth-order valence-electron chi connectivity index (χ4n) is 2.41. The SMILES string of the molecule is CCOc1ccc(C(=O)NC(=S)Nc2ccccc2C(=O)NCCCO)cc1Br. The van der Waals surface area contributed by atoms with Crippen molar-refractivity contribution in [2.24, 2.45) is 0 Å². The standard InChI is InChI=1S/C20H22BrN3O4S/c1-2-28-17-9-8-13(12-15(17)21)18(26)24-20(29)23-16-7-4-3-6-14(16)19(27)22-10-5-11-25/h3-4,6-9,12,25H,2,5,10-11H2,1H3,(H,22,27)(H2,23,24,26,29). The summed E-state index contributed by atoms with van der Waals surface area (Å²) in [5, 5.41) is 17.1. The molecule has 0 aliphatic rings. The van der Waals surface area contributed by atoms with Crippen LogP contribution in [0.2, 0.25) is 0 Å². The van der Waals surface area contributed by atoms with Gasteiger partial charge in [-0.3, -0.25) is 14.9 Å². The molecule has 0 aliphatic heterocycles. The summed E-state index contributed by atoms with van der Waals surface area (Å²) in [5.41, 5.74) is 1.25. The zero-order valence-corrected chi connectivity index (χ0v) is 18.2. The van der Waals surface area contributed by atoms with Gasteiger partial charge in [-0.05, 0) is 71.8 Å². The Morgan fingerprint density at radius 3 is 2.62 bits per heavy atom. The van der Waals surface area contributed by atoms with Crippen LogP contribution in [0.25, 0.3) is 0 Å². The first kappa shape index (κ1) is 22.8. The number of thiocarbonyl (C=S) groups is 1. The molecule has 0 saturated carbocycles. The second-order valence-corrected chi connectivity index (χ2v) is 7.13. The molecule has 0 saturated heterocycles. The molecule has 4 N–H and O–H groups in total. The third-order valence-electron chi connectivity index (χ3n) is 3.76. The first-order chi connectivity index (χ1) is 14.0. The quantitative estimate of drug-likeness (QED) is 0.343. The van der Waals surface area contributed by atoms with E-state index in [0.29, 0.717) is 46.6 Å². The molecule has 9 heteroatoms. The molecule has 2 amide bonds. The highest BCUT2D eigenvalue weighted by Crippen LogP contribution is 2.26. The number of ether oxygens (including phenoxy) is 1. The number of benzene rings is 2. The number of anilines is 1. The number of amides is 2. The molecular formula is C20H22BrN3O4S. The van der Waals surface area contributed by atoms with Crippen LogP contribution in [0.3, 0.4) is 0 Å². The monoisotopic (exact) mass is 479 g/mol. The number of carbonyl (C=O) groups is 2. The lowest BCUT2D eigenvalue weighted by atomic mass is 10.1. The number of aliphatic hydroxyl groups excluding tert-OH is 1. The minimum absolute atomic E-state index is 0.00203. The van der Waals surface area contributed by atoms with Gasteiger partial charge in [0.15, 0.2) is 5.11 Å². The summed E-state index contributed by atoms with van der Waals surface area (Å²) in [6.45, 7) is 2.75. The topological polar surface area (TPSA) is 99.7 Å². The number of hydrogen-bond donors (Lipinski definition) is 4. The van der Waals surface area contributed by atoms with Gasteiger partial charge >= 0.3 is 0 Å². The molecule has 2 aromatic carbocycles. The maximum atomic E-state index is 12.5. The van der Waals surface area contributed by atoms with Crippen molar-refractivity contribution in [1.29, 1.82) is 0 Å². The van der Waals surface area contributed by atoms with E-state index in [4.69, 9.17) is 22.1 Å². The maximum Gasteiger partial charge on any atom is 0.257 e. The second-order valence-electron chi connectivity index (χ2n) is 5.87. The molecule has 0 fully saturated rings. The molecule has 0 radical (unpaired) electrons. The van der Waals surface area contributed by atoms with Crippen LogP contribution in [0.5, 0.6) is 5.75 Å². The summed E-state index contributed by atoms with van der Waals surface area (Å²) in [5.74, 6) is -0.0480. The van der Waals surface area contributed by atoms with E-state index in [1.165, 1.54) is 0 Å². The lowest BCUT2D eigenvalue weighted by Crippen LogP contribution is -2.35. The van der Waals surface area contributed by atoms with Crippen LogP contribution in [0, 0.1) is 0 Å². The van der Waals surface area contributed by atoms with Gasteiger partial charge in [-0.15, -0.1) is 0 Å². The van der Waals surface area contributed by atoms with E-state index in [1.807, 2.05) is 6.92 Å². The number of nitrogens with one attached hydrogen (secondary N) is 3. The van der Waals surface area contributed by atoms with Crippen LogP contribution in [0.1, 0.15) is 34.1 Å². The third-order valence-corrected chi connectivity index (χ3v) is 4.59. The summed E-state index contributed by atoms with van der Waals surface area (Å²) in [4.78, 5) is 24.8. The Hall–Kier alpha value is -2.49. The minimum Gasteiger partial charge on any atom is -0.493 e. The maximum absolute atomic E-state index is 12.5. The number of halogens is 1. The third kappa shape index (κ3) is 6.81. The molecule has 0 heterocycles. The van der Waals surface area contributed by atoms with E-state index in [-0.39, 0.29) is 17.6 Å². The van der Waals surface area contributed by atoms with Crippen molar-refractivity contribution in [3.8, 4) is 5.75 Å². The highest BCUT2D eigenvalue weighted by Gasteiger charge is 2.14. The molecule has 0 spiro atoms. The Kier molecular flexibility index (Phi) is 9.04. The van der Waals surface area contributed by atoms with E-state index in [2.05, 4.69) is 31.9 Å². The van der Waals surface area contributed by atoms with Crippen molar-refractivity contribution in [2.75, 3.05) is 25.1 Å². The fourth-order valence-corrected chi connectivity index (χ4v) is 3.11. The van der Waals surface area contributed by atoms with Crippen LogP contribution >= 0.6 is 28.1 Å². The van der Waals surface area contributed by atoms with Crippen molar-refractivity contribution in [3.05, 3.63) is 58.1 Å². The molecule has 0 aliphatic carbocycles. The predicted molar refractivity (Wildman–Crippen MR) is 119 cm³/mol. The molecule has 154 valence electrons. The lowest BCUT2D eigenvalue weighted by Gasteiger charge is -2.14. The summed E-state index contributed by atoms with van der Waals surface area (Å²) in [7, 11) is 0. The first-order valence-electron chi connectivity index (χ1n) is 8.99. The van der Waals surface area contributed by atoms with Gasteiger partial charge in [0.05, 0.1) is 22.3 Å². The molecule has 0 aromatic heterocycles. The van der Waals surface area contributed by atoms with E-state index in [1.54, 1.807) is 42.5 Å².